The molecule has 1 fully saturated rings. The highest BCUT2D eigenvalue weighted by molar-refractivity contribution is 5.95. The summed E-state index contributed by atoms with van der Waals surface area (Å²) < 4.78 is 19.0. The standard InChI is InChI=1S/C18H19FN4O2/c19-14-3-7-22(8-4-14)18(24)13-1-2-15-16(11-13)25-10-9-23(15)17-12-20-5-6-21-17/h1-2,5-6,11-12,14H,3-4,7-10H2. The van der Waals surface area contributed by atoms with Crippen molar-refractivity contribution in [3.8, 4) is 5.75 Å². The van der Waals surface area contributed by atoms with E-state index in [2.05, 4.69) is 9.97 Å². The third-order valence-electron chi connectivity index (χ3n) is 4.61. The van der Waals surface area contributed by atoms with Crippen molar-refractivity contribution in [3.05, 3.63) is 42.4 Å². The second-order valence-corrected chi connectivity index (χ2v) is 6.21. The zero-order valence-corrected chi connectivity index (χ0v) is 13.8. The fourth-order valence-corrected chi connectivity index (χ4v) is 3.26. The number of ether oxygens (including phenoxy) is 1. The Bertz CT molecular complexity index is 763. The molecule has 25 heavy (non-hydrogen) atoms. The van der Waals surface area contributed by atoms with Gasteiger partial charge in [0.2, 0.25) is 0 Å². The average molecular weight is 342 g/mol. The second kappa shape index (κ2) is 6.66. The lowest BCUT2D eigenvalue weighted by Gasteiger charge is -2.31. The molecule has 0 saturated carbocycles. The van der Waals surface area contributed by atoms with E-state index in [1.54, 1.807) is 35.6 Å². The van der Waals surface area contributed by atoms with Gasteiger partial charge >= 0.3 is 0 Å². The van der Waals surface area contributed by atoms with Gasteiger partial charge in [0.1, 0.15) is 18.5 Å². The number of rotatable bonds is 2. The average Bonchev–Trinajstić information content (AvgIpc) is 2.68. The summed E-state index contributed by atoms with van der Waals surface area (Å²) in [5, 5.41) is 0. The van der Waals surface area contributed by atoms with Crippen LogP contribution in [0.3, 0.4) is 0 Å². The summed E-state index contributed by atoms with van der Waals surface area (Å²) in [6, 6.07) is 5.43. The highest BCUT2D eigenvalue weighted by atomic mass is 19.1. The van der Waals surface area contributed by atoms with E-state index in [1.165, 1.54) is 0 Å². The molecule has 6 nitrogen and oxygen atoms in total. The molecule has 1 aromatic heterocycles. The maximum absolute atomic E-state index is 13.3. The Morgan fingerprint density at radius 3 is 2.80 bits per heavy atom. The predicted octanol–water partition coefficient (Wildman–Crippen LogP) is 2.58. The van der Waals surface area contributed by atoms with Crippen LogP contribution in [0.15, 0.2) is 36.8 Å². The molecule has 1 saturated heterocycles. The van der Waals surface area contributed by atoms with Crippen molar-refractivity contribution >= 4 is 17.4 Å². The number of hydrogen-bond donors (Lipinski definition) is 0. The number of aromatic nitrogens is 2. The number of benzene rings is 1. The van der Waals surface area contributed by atoms with Gasteiger partial charge in [-0.1, -0.05) is 0 Å². The molecule has 1 amide bonds. The van der Waals surface area contributed by atoms with Gasteiger partial charge in [-0.25, -0.2) is 9.37 Å². The number of piperidine rings is 1. The molecular weight excluding hydrogens is 323 g/mol. The first-order chi connectivity index (χ1) is 12.2. The van der Waals surface area contributed by atoms with E-state index in [4.69, 9.17) is 4.74 Å². The molecule has 0 atom stereocenters. The molecule has 0 unspecified atom stereocenters. The molecule has 0 radical (unpaired) electrons. The summed E-state index contributed by atoms with van der Waals surface area (Å²) in [6.45, 7) is 2.10. The molecule has 4 rings (SSSR count). The smallest absolute Gasteiger partial charge is 0.253 e. The minimum Gasteiger partial charge on any atom is -0.490 e. The molecule has 0 spiro atoms. The molecule has 0 N–H and O–H groups in total. The molecule has 0 aliphatic carbocycles. The molecule has 7 heteroatoms. The van der Waals surface area contributed by atoms with Crippen molar-refractivity contribution in [2.45, 2.75) is 19.0 Å². The monoisotopic (exact) mass is 342 g/mol. The van der Waals surface area contributed by atoms with E-state index in [0.717, 1.165) is 11.5 Å². The van der Waals surface area contributed by atoms with Crippen LogP contribution < -0.4 is 9.64 Å². The molecule has 0 bridgehead atoms. The Kier molecular flexibility index (Phi) is 4.21. The number of amides is 1. The summed E-state index contributed by atoms with van der Waals surface area (Å²) in [6.07, 6.45) is 5.01. The number of halogens is 1. The number of carbonyl (C=O) groups excluding carboxylic acids is 1. The maximum Gasteiger partial charge on any atom is 0.253 e. The maximum atomic E-state index is 13.3. The Morgan fingerprint density at radius 2 is 2.04 bits per heavy atom. The first-order valence-electron chi connectivity index (χ1n) is 8.46. The van der Waals surface area contributed by atoms with Gasteiger partial charge in [0, 0.05) is 31.0 Å². The molecule has 130 valence electrons. The van der Waals surface area contributed by atoms with E-state index >= 15 is 0 Å². The van der Waals surface area contributed by atoms with Crippen molar-refractivity contribution < 1.29 is 13.9 Å². The summed E-state index contributed by atoms with van der Waals surface area (Å²) in [5.41, 5.74) is 1.43. The van der Waals surface area contributed by atoms with Gasteiger partial charge in [-0.15, -0.1) is 0 Å². The van der Waals surface area contributed by atoms with Gasteiger partial charge in [0.15, 0.2) is 5.82 Å². The third kappa shape index (κ3) is 3.14. The van der Waals surface area contributed by atoms with Crippen LogP contribution in [0.4, 0.5) is 15.9 Å². The SMILES string of the molecule is O=C(c1ccc2c(c1)OCCN2c1cnccn1)N1CCC(F)CC1. The fourth-order valence-electron chi connectivity index (χ4n) is 3.26. The lowest BCUT2D eigenvalue weighted by molar-refractivity contribution is 0.0666. The molecule has 2 aromatic rings. The number of carbonyl (C=O) groups is 1. The van der Waals surface area contributed by atoms with Crippen molar-refractivity contribution in [2.75, 3.05) is 31.1 Å². The number of likely N-dealkylation sites (tertiary alicyclic amines) is 1. The van der Waals surface area contributed by atoms with E-state index in [9.17, 15) is 9.18 Å². The predicted molar refractivity (Wildman–Crippen MR) is 91.0 cm³/mol. The number of alkyl halides is 1. The molecule has 1 aromatic carbocycles. The van der Waals surface area contributed by atoms with E-state index in [-0.39, 0.29) is 5.91 Å². The quantitative estimate of drug-likeness (QED) is 0.840. The van der Waals surface area contributed by atoms with Gasteiger partial charge in [0.25, 0.3) is 5.91 Å². The lowest BCUT2D eigenvalue weighted by atomic mass is 10.1. The van der Waals surface area contributed by atoms with Crippen LogP contribution in [-0.4, -0.2) is 53.2 Å². The molecular formula is C18H19FN4O2. The number of anilines is 2. The topological polar surface area (TPSA) is 58.6 Å². The van der Waals surface area contributed by atoms with Crippen molar-refractivity contribution in [1.29, 1.82) is 0 Å². The largest absolute Gasteiger partial charge is 0.490 e. The van der Waals surface area contributed by atoms with Crippen LogP contribution in [0.1, 0.15) is 23.2 Å². The molecule has 2 aliphatic rings. The summed E-state index contributed by atoms with van der Waals surface area (Å²) >= 11 is 0. The van der Waals surface area contributed by atoms with Crippen LogP contribution in [-0.2, 0) is 0 Å². The Hall–Kier alpha value is -2.70. The van der Waals surface area contributed by atoms with Gasteiger partial charge in [0.05, 0.1) is 18.4 Å². The van der Waals surface area contributed by atoms with Crippen molar-refractivity contribution in [2.24, 2.45) is 0 Å². The normalized spacial score (nSPS) is 17.8. The summed E-state index contributed by atoms with van der Waals surface area (Å²) in [7, 11) is 0. The fraction of sp³-hybridized carbons (Fsp3) is 0.389. The summed E-state index contributed by atoms with van der Waals surface area (Å²) in [4.78, 5) is 24.8. The third-order valence-corrected chi connectivity index (χ3v) is 4.61. The summed E-state index contributed by atoms with van der Waals surface area (Å²) in [5.74, 6) is 1.33. The van der Waals surface area contributed by atoms with Crippen molar-refractivity contribution in [3.63, 3.8) is 0 Å². The zero-order valence-electron chi connectivity index (χ0n) is 13.8. The van der Waals surface area contributed by atoms with E-state index in [1.807, 2.05) is 11.0 Å². The van der Waals surface area contributed by atoms with Crippen molar-refractivity contribution in [1.82, 2.24) is 14.9 Å². The van der Waals surface area contributed by atoms with Gasteiger partial charge in [-0.3, -0.25) is 9.78 Å². The number of fused-ring (bicyclic) bond motifs is 1. The first kappa shape index (κ1) is 15.8. The van der Waals surface area contributed by atoms with Crippen LogP contribution in [0, 0.1) is 0 Å². The number of hydrogen-bond acceptors (Lipinski definition) is 5. The van der Waals surface area contributed by atoms with Gasteiger partial charge in [-0.05, 0) is 31.0 Å². The van der Waals surface area contributed by atoms with Crippen LogP contribution in [0.5, 0.6) is 5.75 Å². The second-order valence-electron chi connectivity index (χ2n) is 6.21. The molecule has 3 heterocycles. The van der Waals surface area contributed by atoms with Gasteiger partial charge in [-0.2, -0.15) is 0 Å². The Morgan fingerprint density at radius 1 is 1.20 bits per heavy atom. The van der Waals surface area contributed by atoms with Crippen LogP contribution in [0.2, 0.25) is 0 Å². The van der Waals surface area contributed by atoms with E-state index in [0.29, 0.717) is 50.4 Å². The van der Waals surface area contributed by atoms with E-state index < -0.39 is 6.17 Å². The molecule has 2 aliphatic heterocycles. The first-order valence-corrected chi connectivity index (χ1v) is 8.46. The Labute approximate surface area is 145 Å². The van der Waals surface area contributed by atoms with Gasteiger partial charge < -0.3 is 14.5 Å². The zero-order chi connectivity index (χ0) is 17.2. The minimum absolute atomic E-state index is 0.0741. The number of nitrogens with zero attached hydrogens (tertiary/aromatic N) is 4. The minimum atomic E-state index is -0.795. The van der Waals surface area contributed by atoms with Crippen LogP contribution in [0.25, 0.3) is 0 Å². The van der Waals surface area contributed by atoms with Crippen LogP contribution >= 0.6 is 0 Å². The highest BCUT2D eigenvalue weighted by Crippen LogP contribution is 2.36. The lowest BCUT2D eigenvalue weighted by Crippen LogP contribution is -2.39. The highest BCUT2D eigenvalue weighted by Gasteiger charge is 2.26. The Balaban J connectivity index is 1.58.